The van der Waals surface area contributed by atoms with E-state index in [1.165, 1.54) is 12.8 Å². The fourth-order valence-corrected chi connectivity index (χ4v) is 2.50. The van der Waals surface area contributed by atoms with E-state index in [0.717, 1.165) is 38.6 Å². The van der Waals surface area contributed by atoms with Crippen LogP contribution in [0.4, 0.5) is 5.95 Å². The van der Waals surface area contributed by atoms with Crippen LogP contribution in [0, 0.1) is 0 Å². The molecule has 102 valence electrons. The highest BCUT2D eigenvalue weighted by Gasteiger charge is 2.20. The van der Waals surface area contributed by atoms with E-state index < -0.39 is 0 Å². The van der Waals surface area contributed by atoms with Gasteiger partial charge in [-0.25, -0.2) is 4.98 Å². The lowest BCUT2D eigenvalue weighted by Crippen LogP contribution is -2.45. The molecule has 2 rings (SSSR count). The molecule has 18 heavy (non-hydrogen) atoms. The second-order valence-corrected chi connectivity index (χ2v) is 4.88. The molecule has 5 heteroatoms. The molecule has 0 aromatic carbocycles. The largest absolute Gasteiger partial charge is 0.385 e. The first-order valence-corrected chi connectivity index (χ1v) is 6.76. The van der Waals surface area contributed by atoms with E-state index in [-0.39, 0.29) is 0 Å². The summed E-state index contributed by atoms with van der Waals surface area (Å²) in [5, 5.41) is 3.45. The highest BCUT2D eigenvalue weighted by atomic mass is 16.5. The van der Waals surface area contributed by atoms with Gasteiger partial charge in [0.1, 0.15) is 0 Å². The highest BCUT2D eigenvalue weighted by Crippen LogP contribution is 2.17. The van der Waals surface area contributed by atoms with Crippen LogP contribution in [0.5, 0.6) is 0 Å². The zero-order valence-electron chi connectivity index (χ0n) is 11.4. The first kappa shape index (κ1) is 13.4. The van der Waals surface area contributed by atoms with Crippen molar-refractivity contribution in [1.82, 2.24) is 14.9 Å². The Morgan fingerprint density at radius 2 is 2.50 bits per heavy atom. The van der Waals surface area contributed by atoms with E-state index in [4.69, 9.17) is 4.74 Å². The van der Waals surface area contributed by atoms with Crippen LogP contribution in [-0.2, 0) is 11.3 Å². The average Bonchev–Trinajstić information content (AvgIpc) is 2.88. The van der Waals surface area contributed by atoms with Crippen LogP contribution < -0.4 is 10.2 Å². The molecule has 5 nitrogen and oxygen atoms in total. The number of nitrogens with zero attached hydrogens (tertiary/aromatic N) is 3. The van der Waals surface area contributed by atoms with Crippen molar-refractivity contribution in [3.8, 4) is 0 Å². The van der Waals surface area contributed by atoms with E-state index in [2.05, 4.69) is 33.0 Å². The summed E-state index contributed by atoms with van der Waals surface area (Å²) < 4.78 is 7.32. The molecule has 1 fully saturated rings. The molecule has 1 atom stereocenters. The summed E-state index contributed by atoms with van der Waals surface area (Å²) >= 11 is 0. The van der Waals surface area contributed by atoms with Gasteiger partial charge < -0.3 is 19.5 Å². The van der Waals surface area contributed by atoms with Gasteiger partial charge in [-0.15, -0.1) is 0 Å². The number of hydrogen-bond acceptors (Lipinski definition) is 4. The fraction of sp³-hybridized carbons (Fsp3) is 0.769. The van der Waals surface area contributed by atoms with Crippen LogP contribution in [0.2, 0.25) is 0 Å². The third kappa shape index (κ3) is 3.23. The number of hydrogen-bond donors (Lipinski definition) is 1. The Bertz CT molecular complexity index is 347. The van der Waals surface area contributed by atoms with Crippen molar-refractivity contribution in [2.24, 2.45) is 0 Å². The van der Waals surface area contributed by atoms with Gasteiger partial charge in [0.15, 0.2) is 0 Å². The number of methoxy groups -OCH3 is 1. The van der Waals surface area contributed by atoms with Crippen molar-refractivity contribution in [3.05, 3.63) is 12.4 Å². The van der Waals surface area contributed by atoms with Crippen LogP contribution in [0.3, 0.4) is 0 Å². The first-order chi connectivity index (χ1) is 8.83. The molecule has 0 radical (unpaired) electrons. The molecule has 0 bridgehead atoms. The Balaban J connectivity index is 1.96. The molecular weight excluding hydrogens is 228 g/mol. The Morgan fingerprint density at radius 3 is 3.22 bits per heavy atom. The fourth-order valence-electron chi connectivity index (χ4n) is 2.50. The van der Waals surface area contributed by atoms with Gasteiger partial charge >= 0.3 is 0 Å². The molecular formula is C13H24N4O. The third-order valence-corrected chi connectivity index (χ3v) is 3.58. The number of likely N-dealkylation sites (N-methyl/N-ethyl adjacent to an activating group) is 1. The molecule has 0 aliphatic carbocycles. The van der Waals surface area contributed by atoms with Crippen molar-refractivity contribution in [1.29, 1.82) is 0 Å². The Kier molecular flexibility index (Phi) is 5.01. The molecule has 1 unspecified atom stereocenters. The van der Waals surface area contributed by atoms with Crippen molar-refractivity contribution in [2.45, 2.75) is 31.8 Å². The van der Waals surface area contributed by atoms with Crippen LogP contribution in [0.1, 0.15) is 19.3 Å². The minimum Gasteiger partial charge on any atom is -0.385 e. The van der Waals surface area contributed by atoms with Gasteiger partial charge in [0.05, 0.1) is 0 Å². The van der Waals surface area contributed by atoms with Crippen LogP contribution in [0.15, 0.2) is 12.4 Å². The lowest BCUT2D eigenvalue weighted by molar-refractivity contribution is 0.190. The van der Waals surface area contributed by atoms with Gasteiger partial charge in [-0.3, -0.25) is 0 Å². The maximum absolute atomic E-state index is 5.10. The first-order valence-electron chi connectivity index (χ1n) is 6.76. The molecule has 1 aliphatic heterocycles. The number of imidazole rings is 1. The van der Waals surface area contributed by atoms with Gasteiger partial charge in [-0.2, -0.15) is 0 Å². The summed E-state index contributed by atoms with van der Waals surface area (Å²) in [6.45, 7) is 3.97. The molecule has 1 aromatic rings. The molecule has 1 aliphatic rings. The van der Waals surface area contributed by atoms with Gasteiger partial charge in [0, 0.05) is 52.3 Å². The highest BCUT2D eigenvalue weighted by molar-refractivity contribution is 5.32. The van der Waals surface area contributed by atoms with Crippen molar-refractivity contribution in [2.75, 3.05) is 38.8 Å². The maximum Gasteiger partial charge on any atom is 0.205 e. The Labute approximate surface area is 109 Å². The van der Waals surface area contributed by atoms with Gasteiger partial charge in [0.25, 0.3) is 0 Å². The van der Waals surface area contributed by atoms with Crippen LogP contribution in [0.25, 0.3) is 0 Å². The molecule has 0 amide bonds. The molecule has 1 aromatic heterocycles. The second-order valence-electron chi connectivity index (χ2n) is 4.88. The summed E-state index contributed by atoms with van der Waals surface area (Å²) in [6.07, 6.45) is 7.46. The SMILES string of the molecule is COCCCn1ccnc1N(C)C1CCCNC1. The maximum atomic E-state index is 5.10. The number of nitrogens with one attached hydrogen (secondary N) is 1. The van der Waals surface area contributed by atoms with Crippen molar-refractivity contribution in [3.63, 3.8) is 0 Å². The Hall–Kier alpha value is -1.07. The van der Waals surface area contributed by atoms with E-state index >= 15 is 0 Å². The summed E-state index contributed by atoms with van der Waals surface area (Å²) in [6, 6.07) is 0.558. The predicted molar refractivity (Wildman–Crippen MR) is 73.0 cm³/mol. The Morgan fingerprint density at radius 1 is 1.61 bits per heavy atom. The number of anilines is 1. The molecule has 1 saturated heterocycles. The lowest BCUT2D eigenvalue weighted by Gasteiger charge is -2.32. The van der Waals surface area contributed by atoms with E-state index in [1.54, 1.807) is 7.11 Å². The number of aryl methyl sites for hydroxylation is 1. The number of aromatic nitrogens is 2. The van der Waals surface area contributed by atoms with E-state index in [1.807, 2.05) is 6.20 Å². The molecule has 2 heterocycles. The van der Waals surface area contributed by atoms with Crippen molar-refractivity contribution < 1.29 is 4.74 Å². The minimum atomic E-state index is 0.558. The molecule has 1 N–H and O–H groups in total. The topological polar surface area (TPSA) is 42.3 Å². The third-order valence-electron chi connectivity index (χ3n) is 3.58. The summed E-state index contributed by atoms with van der Waals surface area (Å²) in [5.41, 5.74) is 0. The van der Waals surface area contributed by atoms with Crippen LogP contribution >= 0.6 is 0 Å². The second kappa shape index (κ2) is 6.75. The smallest absolute Gasteiger partial charge is 0.205 e. The van der Waals surface area contributed by atoms with Crippen molar-refractivity contribution >= 4 is 5.95 Å². The number of ether oxygens (including phenoxy) is 1. The van der Waals surface area contributed by atoms with Gasteiger partial charge in [0.2, 0.25) is 5.95 Å². The minimum absolute atomic E-state index is 0.558. The zero-order valence-corrected chi connectivity index (χ0v) is 11.4. The van der Waals surface area contributed by atoms with E-state index in [9.17, 15) is 0 Å². The predicted octanol–water partition coefficient (Wildman–Crippen LogP) is 1.11. The summed E-state index contributed by atoms with van der Waals surface area (Å²) in [5.74, 6) is 1.07. The van der Waals surface area contributed by atoms with E-state index in [0.29, 0.717) is 6.04 Å². The average molecular weight is 252 g/mol. The lowest BCUT2D eigenvalue weighted by atomic mass is 10.1. The zero-order chi connectivity index (χ0) is 12.8. The molecule has 0 saturated carbocycles. The quantitative estimate of drug-likeness (QED) is 0.770. The van der Waals surface area contributed by atoms with Crippen LogP contribution in [-0.4, -0.2) is 49.4 Å². The number of rotatable bonds is 6. The summed E-state index contributed by atoms with van der Waals surface area (Å²) in [4.78, 5) is 6.79. The van der Waals surface area contributed by atoms with Gasteiger partial charge in [-0.1, -0.05) is 0 Å². The monoisotopic (exact) mass is 252 g/mol. The number of piperidine rings is 1. The summed E-state index contributed by atoms with van der Waals surface area (Å²) in [7, 11) is 3.89. The molecule has 0 spiro atoms. The van der Waals surface area contributed by atoms with Gasteiger partial charge in [-0.05, 0) is 25.8 Å². The standard InChI is InChI=1S/C13H24N4O/c1-16(12-5-3-6-14-11-12)13-15-7-9-17(13)8-4-10-18-2/h7,9,12,14H,3-6,8,10-11H2,1-2H3. The normalized spacial score (nSPS) is 20.0.